The van der Waals surface area contributed by atoms with Crippen molar-refractivity contribution in [3.63, 3.8) is 0 Å². The molecule has 0 radical (unpaired) electrons. The third-order valence-electron chi connectivity index (χ3n) is 2.74. The van der Waals surface area contributed by atoms with Gasteiger partial charge >= 0.3 is 0 Å². The molecule has 0 bridgehead atoms. The molecule has 1 amide bonds. The molecule has 1 rings (SSSR count). The van der Waals surface area contributed by atoms with Gasteiger partial charge in [-0.1, -0.05) is 18.5 Å². The third-order valence-corrected chi connectivity index (χ3v) is 2.98. The third kappa shape index (κ3) is 6.26. The van der Waals surface area contributed by atoms with Gasteiger partial charge < -0.3 is 15.8 Å². The Morgan fingerprint density at radius 2 is 2.25 bits per heavy atom. The first-order chi connectivity index (χ1) is 9.52. The summed E-state index contributed by atoms with van der Waals surface area (Å²) in [5.74, 6) is 0.603. The van der Waals surface area contributed by atoms with Gasteiger partial charge in [-0.2, -0.15) is 0 Å². The minimum absolute atomic E-state index is 0.0470. The zero-order chi connectivity index (χ0) is 15.0. The summed E-state index contributed by atoms with van der Waals surface area (Å²) in [6.45, 7) is 4.57. The summed E-state index contributed by atoms with van der Waals surface area (Å²) < 4.78 is 5.59. The zero-order valence-corrected chi connectivity index (χ0v) is 12.9. The average molecular weight is 299 g/mol. The summed E-state index contributed by atoms with van der Waals surface area (Å²) in [4.78, 5) is 11.9. The highest BCUT2D eigenvalue weighted by Crippen LogP contribution is 2.28. The summed E-state index contributed by atoms with van der Waals surface area (Å²) in [6.07, 6.45) is 2.96. The van der Waals surface area contributed by atoms with Crippen molar-refractivity contribution >= 4 is 23.2 Å². The molecule has 1 aromatic carbocycles. The second-order valence-electron chi connectivity index (χ2n) is 4.91. The lowest BCUT2D eigenvalue weighted by Crippen LogP contribution is -2.17. The topological polar surface area (TPSA) is 64.3 Å². The number of benzene rings is 1. The van der Waals surface area contributed by atoms with Crippen LogP contribution in [0.3, 0.4) is 0 Å². The molecule has 0 aliphatic rings. The molecule has 0 aliphatic heterocycles. The summed E-state index contributed by atoms with van der Waals surface area (Å²) in [7, 11) is 0. The van der Waals surface area contributed by atoms with Gasteiger partial charge in [-0.05, 0) is 44.4 Å². The fourth-order valence-corrected chi connectivity index (χ4v) is 1.91. The molecular formula is C15H23ClN2O2. The van der Waals surface area contributed by atoms with E-state index < -0.39 is 0 Å². The standard InChI is InChI=1S/C15H23ClN2O2/c1-3-9-20-14-8-7-12(16)10-13(14)18-15(19)6-4-5-11(2)17/h7-8,10-11H,3-6,9,17H2,1-2H3,(H,18,19). The Balaban J connectivity index is 2.60. The number of anilines is 1. The second kappa shape index (κ2) is 8.82. The van der Waals surface area contributed by atoms with Crippen molar-refractivity contribution in [3.8, 4) is 5.75 Å². The van der Waals surface area contributed by atoms with Gasteiger partial charge in [-0.3, -0.25) is 4.79 Å². The van der Waals surface area contributed by atoms with Gasteiger partial charge in [0.05, 0.1) is 12.3 Å². The Morgan fingerprint density at radius 1 is 1.50 bits per heavy atom. The predicted octanol–water partition coefficient (Wildman–Crippen LogP) is 3.58. The molecule has 0 spiro atoms. The van der Waals surface area contributed by atoms with E-state index in [9.17, 15) is 4.79 Å². The van der Waals surface area contributed by atoms with Crippen LogP contribution in [0, 0.1) is 0 Å². The normalized spacial score (nSPS) is 12.0. The van der Waals surface area contributed by atoms with Crippen LogP contribution in [0.15, 0.2) is 18.2 Å². The van der Waals surface area contributed by atoms with Gasteiger partial charge in [0.1, 0.15) is 5.75 Å². The van der Waals surface area contributed by atoms with Gasteiger partial charge in [0.2, 0.25) is 5.91 Å². The number of carbonyl (C=O) groups excluding carboxylic acids is 1. The number of amides is 1. The summed E-state index contributed by atoms with van der Waals surface area (Å²) in [6, 6.07) is 5.35. The van der Waals surface area contributed by atoms with Crippen molar-refractivity contribution in [2.24, 2.45) is 5.73 Å². The number of halogens is 1. The molecule has 4 nitrogen and oxygen atoms in total. The molecule has 112 valence electrons. The molecule has 20 heavy (non-hydrogen) atoms. The van der Waals surface area contributed by atoms with Crippen LogP contribution in [0.1, 0.15) is 39.5 Å². The fraction of sp³-hybridized carbons (Fsp3) is 0.533. The highest BCUT2D eigenvalue weighted by molar-refractivity contribution is 6.31. The molecule has 0 aliphatic carbocycles. The van der Waals surface area contributed by atoms with Crippen molar-refractivity contribution < 1.29 is 9.53 Å². The Bertz CT molecular complexity index is 436. The predicted molar refractivity (Wildman–Crippen MR) is 83.4 cm³/mol. The Kier molecular flexibility index (Phi) is 7.41. The number of hydrogen-bond donors (Lipinski definition) is 2. The van der Waals surface area contributed by atoms with Gasteiger partial charge in [0, 0.05) is 17.5 Å². The minimum Gasteiger partial charge on any atom is -0.491 e. The van der Waals surface area contributed by atoms with Crippen LogP contribution in [0.25, 0.3) is 0 Å². The number of carbonyl (C=O) groups is 1. The highest BCUT2D eigenvalue weighted by Gasteiger charge is 2.09. The van der Waals surface area contributed by atoms with E-state index in [1.807, 2.05) is 13.8 Å². The minimum atomic E-state index is -0.0470. The van der Waals surface area contributed by atoms with Crippen LogP contribution in [-0.4, -0.2) is 18.6 Å². The van der Waals surface area contributed by atoms with E-state index in [1.165, 1.54) is 0 Å². The number of hydrogen-bond acceptors (Lipinski definition) is 3. The molecule has 0 aromatic heterocycles. The second-order valence-corrected chi connectivity index (χ2v) is 5.34. The van der Waals surface area contributed by atoms with Crippen molar-refractivity contribution in [3.05, 3.63) is 23.2 Å². The zero-order valence-electron chi connectivity index (χ0n) is 12.1. The van der Waals surface area contributed by atoms with Crippen molar-refractivity contribution in [1.29, 1.82) is 0 Å². The van der Waals surface area contributed by atoms with Crippen LogP contribution in [-0.2, 0) is 4.79 Å². The van der Waals surface area contributed by atoms with Crippen LogP contribution < -0.4 is 15.8 Å². The van der Waals surface area contributed by atoms with Gasteiger partial charge in [-0.25, -0.2) is 0 Å². The van der Waals surface area contributed by atoms with Gasteiger partial charge in [-0.15, -0.1) is 0 Å². The maximum absolute atomic E-state index is 11.9. The SMILES string of the molecule is CCCOc1ccc(Cl)cc1NC(=O)CCCC(C)N. The molecule has 0 saturated heterocycles. The van der Waals surface area contributed by atoms with Crippen LogP contribution in [0.4, 0.5) is 5.69 Å². The van der Waals surface area contributed by atoms with E-state index in [2.05, 4.69) is 5.32 Å². The van der Waals surface area contributed by atoms with E-state index in [0.717, 1.165) is 19.3 Å². The van der Waals surface area contributed by atoms with E-state index >= 15 is 0 Å². The van der Waals surface area contributed by atoms with Crippen LogP contribution >= 0.6 is 11.6 Å². The molecule has 0 fully saturated rings. The van der Waals surface area contributed by atoms with Gasteiger partial charge in [0.25, 0.3) is 0 Å². The lowest BCUT2D eigenvalue weighted by molar-refractivity contribution is -0.116. The molecule has 5 heteroatoms. The molecule has 0 heterocycles. The number of ether oxygens (including phenoxy) is 1. The summed E-state index contributed by atoms with van der Waals surface area (Å²) >= 11 is 5.96. The summed E-state index contributed by atoms with van der Waals surface area (Å²) in [5.41, 5.74) is 6.28. The van der Waals surface area contributed by atoms with Crippen LogP contribution in [0.2, 0.25) is 5.02 Å². The maximum atomic E-state index is 11.9. The Hall–Kier alpha value is -1.26. The number of rotatable bonds is 8. The lowest BCUT2D eigenvalue weighted by Gasteiger charge is -2.12. The quantitative estimate of drug-likeness (QED) is 0.771. The maximum Gasteiger partial charge on any atom is 0.224 e. The summed E-state index contributed by atoms with van der Waals surface area (Å²) in [5, 5.41) is 3.41. The van der Waals surface area contributed by atoms with E-state index in [1.54, 1.807) is 18.2 Å². The first-order valence-corrected chi connectivity index (χ1v) is 7.38. The number of nitrogens with one attached hydrogen (secondary N) is 1. The Labute approximate surface area is 125 Å². The molecule has 1 unspecified atom stereocenters. The molecule has 1 atom stereocenters. The first kappa shape index (κ1) is 16.8. The van der Waals surface area contributed by atoms with Crippen molar-refractivity contribution in [2.45, 2.75) is 45.6 Å². The van der Waals surface area contributed by atoms with E-state index in [0.29, 0.717) is 29.5 Å². The molecule has 0 saturated carbocycles. The Morgan fingerprint density at radius 3 is 2.90 bits per heavy atom. The molecule has 1 aromatic rings. The van der Waals surface area contributed by atoms with E-state index in [4.69, 9.17) is 22.1 Å². The van der Waals surface area contributed by atoms with Crippen molar-refractivity contribution in [1.82, 2.24) is 0 Å². The van der Waals surface area contributed by atoms with Gasteiger partial charge in [0.15, 0.2) is 0 Å². The largest absolute Gasteiger partial charge is 0.491 e. The monoisotopic (exact) mass is 298 g/mol. The lowest BCUT2D eigenvalue weighted by atomic mass is 10.1. The van der Waals surface area contributed by atoms with Crippen LogP contribution in [0.5, 0.6) is 5.75 Å². The highest BCUT2D eigenvalue weighted by atomic mass is 35.5. The first-order valence-electron chi connectivity index (χ1n) is 7.00. The smallest absolute Gasteiger partial charge is 0.224 e. The van der Waals surface area contributed by atoms with Crippen molar-refractivity contribution in [2.75, 3.05) is 11.9 Å². The molecular weight excluding hydrogens is 276 g/mol. The average Bonchev–Trinajstić information content (AvgIpc) is 2.37. The number of nitrogens with two attached hydrogens (primary N) is 1. The van der Waals surface area contributed by atoms with E-state index in [-0.39, 0.29) is 11.9 Å². The fourth-order valence-electron chi connectivity index (χ4n) is 1.74. The molecule has 3 N–H and O–H groups in total.